The molecule has 0 aromatic carbocycles. The number of likely N-dealkylation sites (tertiary alicyclic amines) is 1. The average molecular weight is 476 g/mol. The Morgan fingerprint density at radius 1 is 1.43 bits per heavy atom. The predicted molar refractivity (Wildman–Crippen MR) is 112 cm³/mol. The highest BCUT2D eigenvalue weighted by molar-refractivity contribution is 9.09. The molecule has 3 amide bonds. The highest BCUT2D eigenvalue weighted by Crippen LogP contribution is 2.67. The number of thioether (sulfide) groups is 1. The maximum absolute atomic E-state index is 13.4. The number of amides is 3. The second-order valence-electron chi connectivity index (χ2n) is 8.08. The van der Waals surface area contributed by atoms with Gasteiger partial charge < -0.3 is 20.6 Å². The van der Waals surface area contributed by atoms with Crippen molar-refractivity contribution in [1.82, 2.24) is 15.5 Å². The molecular weight excluding hydrogens is 446 g/mol. The highest BCUT2D eigenvalue weighted by atomic mass is 79.9. The van der Waals surface area contributed by atoms with E-state index in [1.807, 2.05) is 6.92 Å². The second kappa shape index (κ2) is 8.52. The standard InChI is InChI=1S/C19H30BrN3O4S/c1-4-6-10(2)22-17(26)15-19-9-11(20)14(28-19)12(16(25)21-3)13(19)18(27)23(15)7-5-8-24/h10-15,24H,4-9H2,1-3H3,(H,21,25)(H,22,26)/t10?,11?,12-,13-,14-,15?,19?/m0/s1. The Morgan fingerprint density at radius 3 is 2.75 bits per heavy atom. The molecule has 0 aromatic heterocycles. The van der Waals surface area contributed by atoms with Gasteiger partial charge in [-0.25, -0.2) is 0 Å². The maximum atomic E-state index is 13.4. The summed E-state index contributed by atoms with van der Waals surface area (Å²) in [6.07, 6.45) is 2.94. The van der Waals surface area contributed by atoms with E-state index in [0.717, 1.165) is 12.8 Å². The SMILES string of the molecule is CCCC(C)NC(=O)C1N(CCCO)C(=O)[C@@H]2[C@H](C(=O)NC)[C@H]3SC12CC3Br. The van der Waals surface area contributed by atoms with Gasteiger partial charge in [0.15, 0.2) is 0 Å². The Hall–Kier alpha value is -0.800. The maximum Gasteiger partial charge on any atom is 0.244 e. The summed E-state index contributed by atoms with van der Waals surface area (Å²) in [5.74, 6) is -1.33. The molecule has 7 nitrogen and oxygen atoms in total. The molecule has 1 spiro atoms. The molecule has 7 atom stereocenters. The first-order chi connectivity index (χ1) is 13.3. The van der Waals surface area contributed by atoms with Crippen molar-refractivity contribution in [3.8, 4) is 0 Å². The topological polar surface area (TPSA) is 98.7 Å². The Morgan fingerprint density at radius 2 is 2.14 bits per heavy atom. The van der Waals surface area contributed by atoms with Crippen LogP contribution in [0, 0.1) is 11.8 Å². The number of carbonyl (C=O) groups excluding carboxylic acids is 3. The number of aliphatic hydroxyl groups is 1. The van der Waals surface area contributed by atoms with Gasteiger partial charge in [-0.05, 0) is 26.2 Å². The summed E-state index contributed by atoms with van der Waals surface area (Å²) in [5.41, 5.74) is 0. The molecule has 9 heteroatoms. The molecule has 3 aliphatic heterocycles. The number of fused-ring (bicyclic) bond motifs is 1. The van der Waals surface area contributed by atoms with E-state index in [2.05, 4.69) is 33.5 Å². The van der Waals surface area contributed by atoms with Gasteiger partial charge in [0.2, 0.25) is 17.7 Å². The number of halogens is 1. The summed E-state index contributed by atoms with van der Waals surface area (Å²) >= 11 is 5.34. The normalized spacial score (nSPS) is 37.1. The minimum Gasteiger partial charge on any atom is -0.396 e. The van der Waals surface area contributed by atoms with Crippen LogP contribution in [0.2, 0.25) is 0 Å². The van der Waals surface area contributed by atoms with Gasteiger partial charge in [0.25, 0.3) is 0 Å². The Labute approximate surface area is 178 Å². The number of hydrogen-bond acceptors (Lipinski definition) is 5. The van der Waals surface area contributed by atoms with E-state index in [0.29, 0.717) is 19.4 Å². The van der Waals surface area contributed by atoms with E-state index in [4.69, 9.17) is 0 Å². The van der Waals surface area contributed by atoms with Crippen molar-refractivity contribution in [1.29, 1.82) is 0 Å². The fourth-order valence-electron chi connectivity index (χ4n) is 5.20. The van der Waals surface area contributed by atoms with Crippen molar-refractivity contribution < 1.29 is 19.5 Å². The average Bonchev–Trinajstić information content (AvgIpc) is 3.23. The molecule has 0 saturated carbocycles. The number of alkyl halides is 1. The smallest absolute Gasteiger partial charge is 0.244 e. The van der Waals surface area contributed by atoms with Crippen LogP contribution in [0.5, 0.6) is 0 Å². The van der Waals surface area contributed by atoms with Crippen molar-refractivity contribution >= 4 is 45.4 Å². The third-order valence-electron chi connectivity index (χ3n) is 6.25. The van der Waals surface area contributed by atoms with Gasteiger partial charge in [-0.3, -0.25) is 14.4 Å². The molecule has 0 aliphatic carbocycles. The lowest BCUT2D eigenvalue weighted by atomic mass is 9.70. The molecule has 158 valence electrons. The Kier molecular flexibility index (Phi) is 6.66. The van der Waals surface area contributed by atoms with Crippen molar-refractivity contribution in [2.24, 2.45) is 11.8 Å². The molecule has 4 unspecified atom stereocenters. The molecule has 2 bridgehead atoms. The molecule has 3 fully saturated rings. The van der Waals surface area contributed by atoms with Gasteiger partial charge in [0.05, 0.1) is 16.6 Å². The molecular formula is C19H30BrN3O4S. The molecule has 3 saturated heterocycles. The zero-order valence-corrected chi connectivity index (χ0v) is 19.0. The van der Waals surface area contributed by atoms with Crippen molar-refractivity contribution in [2.75, 3.05) is 20.2 Å². The molecule has 3 aliphatic rings. The largest absolute Gasteiger partial charge is 0.396 e. The minimum absolute atomic E-state index is 0.0164. The zero-order valence-electron chi connectivity index (χ0n) is 16.6. The van der Waals surface area contributed by atoms with Crippen LogP contribution in [0.4, 0.5) is 0 Å². The number of hydrogen-bond donors (Lipinski definition) is 3. The second-order valence-corrected chi connectivity index (χ2v) is 10.8. The van der Waals surface area contributed by atoms with Crippen LogP contribution in [0.3, 0.4) is 0 Å². The first-order valence-electron chi connectivity index (χ1n) is 10.1. The quantitative estimate of drug-likeness (QED) is 0.452. The van der Waals surface area contributed by atoms with Gasteiger partial charge in [-0.2, -0.15) is 0 Å². The lowest BCUT2D eigenvalue weighted by molar-refractivity contribution is -0.140. The summed E-state index contributed by atoms with van der Waals surface area (Å²) in [6, 6.07) is -0.582. The Balaban J connectivity index is 1.97. The van der Waals surface area contributed by atoms with E-state index in [-0.39, 0.29) is 40.4 Å². The molecule has 0 radical (unpaired) electrons. The van der Waals surface area contributed by atoms with Gasteiger partial charge in [-0.15, -0.1) is 11.8 Å². The lowest BCUT2D eigenvalue weighted by Crippen LogP contribution is -2.56. The first-order valence-corrected chi connectivity index (χ1v) is 11.9. The molecule has 0 aromatic rings. The lowest BCUT2D eigenvalue weighted by Gasteiger charge is -2.35. The molecule has 3 heterocycles. The van der Waals surface area contributed by atoms with E-state index in [1.165, 1.54) is 0 Å². The van der Waals surface area contributed by atoms with Gasteiger partial charge in [-0.1, -0.05) is 29.3 Å². The summed E-state index contributed by atoms with van der Waals surface area (Å²) in [5, 5.41) is 15.1. The number of nitrogens with one attached hydrogen (secondary N) is 2. The van der Waals surface area contributed by atoms with Crippen LogP contribution in [0.25, 0.3) is 0 Å². The van der Waals surface area contributed by atoms with Crippen molar-refractivity contribution in [2.45, 2.75) is 66.4 Å². The van der Waals surface area contributed by atoms with Gasteiger partial charge in [0, 0.05) is 36.3 Å². The van der Waals surface area contributed by atoms with E-state index in [9.17, 15) is 19.5 Å². The summed E-state index contributed by atoms with van der Waals surface area (Å²) in [6.45, 7) is 4.33. The number of nitrogens with zero attached hydrogens (tertiary/aromatic N) is 1. The van der Waals surface area contributed by atoms with E-state index < -0.39 is 22.6 Å². The van der Waals surface area contributed by atoms with Crippen LogP contribution in [0.15, 0.2) is 0 Å². The van der Waals surface area contributed by atoms with E-state index in [1.54, 1.807) is 23.7 Å². The fourth-order valence-corrected chi connectivity index (χ4v) is 8.82. The number of aliphatic hydroxyl groups excluding tert-OH is 1. The molecule has 3 rings (SSSR count). The molecule has 3 N–H and O–H groups in total. The van der Waals surface area contributed by atoms with Crippen LogP contribution in [-0.4, -0.2) is 74.8 Å². The highest BCUT2D eigenvalue weighted by Gasteiger charge is 2.75. The fraction of sp³-hybridized carbons (Fsp3) is 0.842. The minimum atomic E-state index is -0.611. The molecule has 28 heavy (non-hydrogen) atoms. The summed E-state index contributed by atoms with van der Waals surface area (Å²) in [7, 11) is 1.59. The third kappa shape index (κ3) is 3.37. The van der Waals surface area contributed by atoms with Crippen molar-refractivity contribution in [3.05, 3.63) is 0 Å². The zero-order chi connectivity index (χ0) is 20.6. The first kappa shape index (κ1) is 21.9. The Bertz CT molecular complexity index is 651. The van der Waals surface area contributed by atoms with Gasteiger partial charge in [0.1, 0.15) is 6.04 Å². The number of rotatable bonds is 8. The number of carbonyl (C=O) groups is 3. The van der Waals surface area contributed by atoms with Gasteiger partial charge >= 0.3 is 0 Å². The van der Waals surface area contributed by atoms with Crippen molar-refractivity contribution in [3.63, 3.8) is 0 Å². The monoisotopic (exact) mass is 475 g/mol. The van der Waals surface area contributed by atoms with Crippen LogP contribution >= 0.6 is 27.7 Å². The van der Waals surface area contributed by atoms with Crippen LogP contribution < -0.4 is 10.6 Å². The third-order valence-corrected chi connectivity index (χ3v) is 9.47. The summed E-state index contributed by atoms with van der Waals surface area (Å²) < 4.78 is -0.599. The predicted octanol–water partition coefficient (Wildman–Crippen LogP) is 0.884. The van der Waals surface area contributed by atoms with Crippen LogP contribution in [0.1, 0.15) is 39.5 Å². The van der Waals surface area contributed by atoms with Crippen LogP contribution in [-0.2, 0) is 14.4 Å². The summed E-state index contributed by atoms with van der Waals surface area (Å²) in [4.78, 5) is 41.1. The van der Waals surface area contributed by atoms with E-state index >= 15 is 0 Å².